The number of hydrogen-bond donors (Lipinski definition) is 1. The minimum atomic E-state index is -0.796. The van der Waals surface area contributed by atoms with Gasteiger partial charge < -0.3 is 14.7 Å². The molecular weight excluding hydrogens is 310 g/mol. The lowest BCUT2D eigenvalue weighted by Gasteiger charge is -2.25. The first kappa shape index (κ1) is 17.7. The van der Waals surface area contributed by atoms with Crippen LogP contribution < -0.4 is 0 Å². The number of aliphatic hydroxyl groups is 1. The molecule has 0 saturated heterocycles. The molecule has 0 unspecified atom stereocenters. The van der Waals surface area contributed by atoms with Gasteiger partial charge >= 0.3 is 5.97 Å². The molecule has 1 N–H and O–H groups in total. The van der Waals surface area contributed by atoms with Gasteiger partial charge in [-0.15, -0.1) is 0 Å². The summed E-state index contributed by atoms with van der Waals surface area (Å²) in [7, 11) is 1.22. The van der Waals surface area contributed by atoms with Crippen LogP contribution in [0.5, 0.6) is 0 Å². The molecule has 1 amide bonds. The maximum absolute atomic E-state index is 12.3. The number of aliphatic hydroxyl groups excluding tert-OH is 1. The van der Waals surface area contributed by atoms with Crippen LogP contribution in [0.3, 0.4) is 0 Å². The SMILES string of the molecule is COC(=O)CN1C(=O)C(O)=C(C(C)=O)[C@@H]1c1ccc(C(C)C)cc1. The van der Waals surface area contributed by atoms with E-state index in [2.05, 4.69) is 18.6 Å². The number of hydrogen-bond acceptors (Lipinski definition) is 5. The second-order valence-corrected chi connectivity index (χ2v) is 6.05. The van der Waals surface area contributed by atoms with Crippen molar-refractivity contribution in [2.45, 2.75) is 32.7 Å². The van der Waals surface area contributed by atoms with E-state index >= 15 is 0 Å². The fraction of sp³-hybridized carbons (Fsp3) is 0.389. The third kappa shape index (κ3) is 3.18. The highest BCUT2D eigenvalue weighted by Crippen LogP contribution is 2.37. The molecular formula is C18H21NO5. The number of nitrogens with zero attached hydrogens (tertiary/aromatic N) is 1. The van der Waals surface area contributed by atoms with Gasteiger partial charge in [0, 0.05) is 0 Å². The summed E-state index contributed by atoms with van der Waals surface area (Å²) >= 11 is 0. The fourth-order valence-corrected chi connectivity index (χ4v) is 2.79. The van der Waals surface area contributed by atoms with Gasteiger partial charge in [-0.25, -0.2) is 0 Å². The minimum Gasteiger partial charge on any atom is -0.503 e. The van der Waals surface area contributed by atoms with Crippen LogP contribution in [0.1, 0.15) is 43.9 Å². The first-order chi connectivity index (χ1) is 11.3. The molecule has 0 fully saturated rings. The Labute approximate surface area is 140 Å². The zero-order chi connectivity index (χ0) is 18.0. The zero-order valence-corrected chi connectivity index (χ0v) is 14.2. The van der Waals surface area contributed by atoms with Gasteiger partial charge in [0.05, 0.1) is 18.7 Å². The molecule has 0 aliphatic carbocycles. The summed E-state index contributed by atoms with van der Waals surface area (Å²) in [5.74, 6) is -2.05. The molecule has 6 heteroatoms. The highest BCUT2D eigenvalue weighted by atomic mass is 16.5. The van der Waals surface area contributed by atoms with E-state index in [-0.39, 0.29) is 12.1 Å². The minimum absolute atomic E-state index is 0.00111. The van der Waals surface area contributed by atoms with Crippen molar-refractivity contribution in [3.63, 3.8) is 0 Å². The van der Waals surface area contributed by atoms with Gasteiger partial charge in [-0.05, 0) is 24.0 Å². The molecule has 1 aliphatic heterocycles. The number of carbonyl (C=O) groups is 3. The van der Waals surface area contributed by atoms with Gasteiger partial charge in [0.1, 0.15) is 6.54 Å². The molecule has 1 atom stereocenters. The predicted molar refractivity (Wildman–Crippen MR) is 87.3 cm³/mol. The van der Waals surface area contributed by atoms with Crippen molar-refractivity contribution in [1.29, 1.82) is 0 Å². The summed E-state index contributed by atoms with van der Waals surface area (Å²) in [6, 6.07) is 6.63. The van der Waals surface area contributed by atoms with Crippen molar-refractivity contribution in [2.24, 2.45) is 0 Å². The normalized spacial score (nSPS) is 17.6. The number of benzene rings is 1. The second-order valence-electron chi connectivity index (χ2n) is 6.05. The van der Waals surface area contributed by atoms with Crippen LogP contribution in [0.25, 0.3) is 0 Å². The van der Waals surface area contributed by atoms with E-state index in [1.807, 2.05) is 12.1 Å². The van der Waals surface area contributed by atoms with E-state index in [1.54, 1.807) is 12.1 Å². The lowest BCUT2D eigenvalue weighted by atomic mass is 9.94. The summed E-state index contributed by atoms with van der Waals surface area (Å²) in [6.07, 6.45) is 0. The highest BCUT2D eigenvalue weighted by molar-refractivity contribution is 6.08. The van der Waals surface area contributed by atoms with Crippen LogP contribution in [0, 0.1) is 0 Å². The third-order valence-electron chi connectivity index (χ3n) is 4.13. The number of amides is 1. The summed E-state index contributed by atoms with van der Waals surface area (Å²) < 4.78 is 4.61. The molecule has 0 saturated carbocycles. The van der Waals surface area contributed by atoms with E-state index in [0.717, 1.165) is 10.5 Å². The molecule has 1 aromatic carbocycles. The molecule has 1 aliphatic rings. The average Bonchev–Trinajstić information content (AvgIpc) is 2.79. The van der Waals surface area contributed by atoms with Gasteiger partial charge in [-0.2, -0.15) is 0 Å². The molecule has 2 rings (SSSR count). The lowest BCUT2D eigenvalue weighted by Crippen LogP contribution is -2.36. The van der Waals surface area contributed by atoms with Crippen molar-refractivity contribution >= 4 is 17.7 Å². The summed E-state index contributed by atoms with van der Waals surface area (Å²) in [4.78, 5) is 37.0. The molecule has 24 heavy (non-hydrogen) atoms. The van der Waals surface area contributed by atoms with E-state index in [4.69, 9.17) is 0 Å². The Bertz CT molecular complexity index is 703. The molecule has 6 nitrogen and oxygen atoms in total. The number of carbonyl (C=O) groups excluding carboxylic acids is 3. The van der Waals surface area contributed by atoms with E-state index in [9.17, 15) is 19.5 Å². The van der Waals surface area contributed by atoms with Crippen LogP contribution >= 0.6 is 0 Å². The number of ether oxygens (including phenoxy) is 1. The molecule has 1 aromatic rings. The molecule has 0 radical (unpaired) electrons. The summed E-state index contributed by atoms with van der Waals surface area (Å²) in [5, 5.41) is 10.1. The van der Waals surface area contributed by atoms with E-state index in [1.165, 1.54) is 14.0 Å². The number of methoxy groups -OCH3 is 1. The van der Waals surface area contributed by atoms with Crippen molar-refractivity contribution in [1.82, 2.24) is 4.90 Å². The first-order valence-corrected chi connectivity index (χ1v) is 7.69. The monoisotopic (exact) mass is 331 g/mol. The van der Waals surface area contributed by atoms with Crippen molar-refractivity contribution in [3.05, 3.63) is 46.7 Å². The van der Waals surface area contributed by atoms with Gasteiger partial charge in [0.25, 0.3) is 5.91 Å². The largest absolute Gasteiger partial charge is 0.503 e. The molecule has 128 valence electrons. The lowest BCUT2D eigenvalue weighted by molar-refractivity contribution is -0.146. The fourth-order valence-electron chi connectivity index (χ4n) is 2.79. The van der Waals surface area contributed by atoms with E-state index < -0.39 is 29.5 Å². The topological polar surface area (TPSA) is 83.9 Å². The Kier molecular flexibility index (Phi) is 5.07. The first-order valence-electron chi connectivity index (χ1n) is 7.69. The Morgan fingerprint density at radius 1 is 1.25 bits per heavy atom. The second kappa shape index (κ2) is 6.86. The van der Waals surface area contributed by atoms with Gasteiger partial charge in [0.2, 0.25) is 0 Å². The van der Waals surface area contributed by atoms with Crippen molar-refractivity contribution in [3.8, 4) is 0 Å². The van der Waals surface area contributed by atoms with Gasteiger partial charge in [-0.1, -0.05) is 38.1 Å². The summed E-state index contributed by atoms with van der Waals surface area (Å²) in [5.41, 5.74) is 1.77. The van der Waals surface area contributed by atoms with Crippen LogP contribution in [-0.2, 0) is 19.1 Å². The smallest absolute Gasteiger partial charge is 0.325 e. The van der Waals surface area contributed by atoms with Gasteiger partial charge in [0.15, 0.2) is 11.5 Å². The molecule has 0 bridgehead atoms. The Hall–Kier alpha value is -2.63. The van der Waals surface area contributed by atoms with Crippen molar-refractivity contribution in [2.75, 3.05) is 13.7 Å². The maximum atomic E-state index is 12.3. The highest BCUT2D eigenvalue weighted by Gasteiger charge is 2.43. The van der Waals surface area contributed by atoms with Crippen LogP contribution in [0.2, 0.25) is 0 Å². The number of Topliss-reactive ketones (excluding diaryl/α,β-unsaturated/α-hetero) is 1. The Morgan fingerprint density at radius 3 is 2.29 bits per heavy atom. The maximum Gasteiger partial charge on any atom is 0.325 e. The Morgan fingerprint density at radius 2 is 1.83 bits per heavy atom. The van der Waals surface area contributed by atoms with Crippen LogP contribution in [-0.4, -0.2) is 41.3 Å². The Balaban J connectivity index is 2.48. The number of rotatable bonds is 5. The molecule has 0 spiro atoms. The average molecular weight is 331 g/mol. The molecule has 0 aromatic heterocycles. The van der Waals surface area contributed by atoms with Crippen molar-refractivity contribution < 1.29 is 24.2 Å². The van der Waals surface area contributed by atoms with Crippen LogP contribution in [0.15, 0.2) is 35.6 Å². The summed E-state index contributed by atoms with van der Waals surface area (Å²) in [6.45, 7) is 5.07. The zero-order valence-electron chi connectivity index (χ0n) is 14.2. The number of esters is 1. The van der Waals surface area contributed by atoms with E-state index in [0.29, 0.717) is 11.5 Å². The predicted octanol–water partition coefficient (Wildman–Crippen LogP) is 2.27. The van der Waals surface area contributed by atoms with Crippen LogP contribution in [0.4, 0.5) is 0 Å². The standard InChI is InChI=1S/C18H21NO5/c1-10(2)12-5-7-13(8-6-12)16-15(11(3)20)17(22)18(23)19(16)9-14(21)24-4/h5-8,10,16,22H,9H2,1-4H3/t16-/m0/s1. The van der Waals surface area contributed by atoms with Gasteiger partial charge in [-0.3, -0.25) is 14.4 Å². The molecule has 1 heterocycles. The third-order valence-corrected chi connectivity index (χ3v) is 4.13. The quantitative estimate of drug-likeness (QED) is 0.837. The number of ketones is 1.